The Morgan fingerprint density at radius 3 is 2.65 bits per heavy atom. The van der Waals surface area contributed by atoms with Gasteiger partial charge >= 0.3 is 5.97 Å². The van der Waals surface area contributed by atoms with Crippen LogP contribution in [0.3, 0.4) is 0 Å². The van der Waals surface area contributed by atoms with Crippen molar-refractivity contribution in [2.24, 2.45) is 0 Å². The van der Waals surface area contributed by atoms with Gasteiger partial charge in [-0.05, 0) is 12.5 Å². The average molecular weight is 238 g/mol. The van der Waals surface area contributed by atoms with Crippen molar-refractivity contribution >= 4 is 5.97 Å². The molecule has 92 valence electrons. The van der Waals surface area contributed by atoms with Gasteiger partial charge in [0.1, 0.15) is 5.60 Å². The first-order chi connectivity index (χ1) is 8.06. The van der Waals surface area contributed by atoms with Gasteiger partial charge in [-0.3, -0.25) is 0 Å². The van der Waals surface area contributed by atoms with Gasteiger partial charge in [0.2, 0.25) is 6.17 Å². The number of alkyl halides is 1. The number of halogens is 1. The smallest absolute Gasteiger partial charge is 0.344 e. The van der Waals surface area contributed by atoms with Gasteiger partial charge in [0.15, 0.2) is 0 Å². The van der Waals surface area contributed by atoms with Crippen molar-refractivity contribution in [1.29, 1.82) is 0 Å². The second-order valence-corrected chi connectivity index (χ2v) is 3.51. The molecular formula is C13H15FO3. The highest BCUT2D eigenvalue weighted by molar-refractivity contribution is 5.77. The molecule has 3 nitrogen and oxygen atoms in total. The Balaban J connectivity index is 3.04. The fourth-order valence-corrected chi connectivity index (χ4v) is 1.47. The van der Waals surface area contributed by atoms with Crippen LogP contribution in [-0.4, -0.2) is 23.9 Å². The third kappa shape index (κ3) is 2.71. The summed E-state index contributed by atoms with van der Waals surface area (Å²) in [6.07, 6.45) is -1.19. The predicted molar refractivity (Wildman–Crippen MR) is 62.1 cm³/mol. The molecular weight excluding hydrogens is 223 g/mol. The van der Waals surface area contributed by atoms with Crippen LogP contribution in [0, 0.1) is 0 Å². The van der Waals surface area contributed by atoms with Crippen molar-refractivity contribution in [2.45, 2.75) is 18.7 Å². The number of esters is 1. The number of carbonyl (C=O) groups excluding carboxylic acids is 1. The van der Waals surface area contributed by atoms with Gasteiger partial charge in [-0.25, -0.2) is 9.18 Å². The van der Waals surface area contributed by atoms with Crippen LogP contribution in [-0.2, 0) is 15.1 Å². The molecule has 1 aromatic rings. The van der Waals surface area contributed by atoms with E-state index in [-0.39, 0.29) is 12.2 Å². The van der Waals surface area contributed by atoms with Crippen molar-refractivity contribution in [3.05, 3.63) is 48.6 Å². The lowest BCUT2D eigenvalue weighted by atomic mass is 9.89. The third-order valence-corrected chi connectivity index (χ3v) is 2.43. The van der Waals surface area contributed by atoms with Crippen LogP contribution >= 0.6 is 0 Å². The molecule has 0 amide bonds. The lowest BCUT2D eigenvalue weighted by Crippen LogP contribution is -2.41. The highest BCUT2D eigenvalue weighted by atomic mass is 19.1. The van der Waals surface area contributed by atoms with Gasteiger partial charge in [-0.2, -0.15) is 0 Å². The molecule has 1 aromatic carbocycles. The summed E-state index contributed by atoms with van der Waals surface area (Å²) in [5.74, 6) is -1.10. The van der Waals surface area contributed by atoms with Crippen molar-refractivity contribution in [1.82, 2.24) is 0 Å². The summed E-state index contributed by atoms with van der Waals surface area (Å²) in [6, 6.07) is 8.05. The molecule has 0 spiro atoms. The molecule has 1 rings (SSSR count). The molecule has 0 aliphatic carbocycles. The standard InChI is InChI=1S/C13H15FO3/c1-3-13(16,10-8-6-5-7-9-10)11(14)12(15)17-4-2/h3,5-9,11,16H,1,4H2,2H3. The summed E-state index contributed by atoms with van der Waals surface area (Å²) in [6.45, 7) is 5.00. The van der Waals surface area contributed by atoms with E-state index in [1.807, 2.05) is 0 Å². The Labute approximate surface area is 99.5 Å². The van der Waals surface area contributed by atoms with Crippen LogP contribution < -0.4 is 0 Å². The maximum Gasteiger partial charge on any atom is 0.344 e. The van der Waals surface area contributed by atoms with E-state index in [0.29, 0.717) is 0 Å². The minimum absolute atomic E-state index is 0.0568. The zero-order chi connectivity index (χ0) is 12.9. The van der Waals surface area contributed by atoms with E-state index in [4.69, 9.17) is 0 Å². The molecule has 17 heavy (non-hydrogen) atoms. The Kier molecular flexibility index (Phi) is 4.40. The van der Waals surface area contributed by atoms with Crippen molar-refractivity contribution < 1.29 is 19.0 Å². The Hall–Kier alpha value is -1.68. The highest BCUT2D eigenvalue weighted by Gasteiger charge is 2.42. The maximum absolute atomic E-state index is 13.9. The monoisotopic (exact) mass is 238 g/mol. The zero-order valence-corrected chi connectivity index (χ0v) is 9.60. The number of hydrogen-bond acceptors (Lipinski definition) is 3. The molecule has 0 aliphatic rings. The van der Waals surface area contributed by atoms with E-state index >= 15 is 0 Å². The van der Waals surface area contributed by atoms with Gasteiger partial charge in [-0.1, -0.05) is 43.0 Å². The predicted octanol–water partition coefficient (Wildman–Crippen LogP) is 1.96. The molecule has 1 N–H and O–H groups in total. The molecule has 4 heteroatoms. The molecule has 0 aliphatic heterocycles. The summed E-state index contributed by atoms with van der Waals surface area (Å²) in [4.78, 5) is 11.3. The second kappa shape index (κ2) is 5.59. The van der Waals surface area contributed by atoms with Crippen LogP contribution in [0.5, 0.6) is 0 Å². The Morgan fingerprint density at radius 2 is 2.18 bits per heavy atom. The van der Waals surface area contributed by atoms with Gasteiger partial charge in [-0.15, -0.1) is 0 Å². The number of ether oxygens (including phenoxy) is 1. The summed E-state index contributed by atoms with van der Waals surface area (Å²) in [7, 11) is 0. The minimum atomic E-state index is -2.19. The second-order valence-electron chi connectivity index (χ2n) is 3.51. The third-order valence-electron chi connectivity index (χ3n) is 2.43. The van der Waals surface area contributed by atoms with Crippen LogP contribution in [0.4, 0.5) is 4.39 Å². The Bertz CT molecular complexity index is 391. The average Bonchev–Trinajstić information content (AvgIpc) is 2.38. The number of aliphatic hydroxyl groups is 1. The van der Waals surface area contributed by atoms with E-state index < -0.39 is 17.7 Å². The summed E-state index contributed by atoms with van der Waals surface area (Å²) in [5, 5.41) is 10.2. The van der Waals surface area contributed by atoms with Crippen molar-refractivity contribution in [2.75, 3.05) is 6.61 Å². The largest absolute Gasteiger partial charge is 0.464 e. The van der Waals surface area contributed by atoms with E-state index in [1.165, 1.54) is 12.1 Å². The maximum atomic E-state index is 13.9. The zero-order valence-electron chi connectivity index (χ0n) is 9.60. The molecule has 0 bridgehead atoms. The van der Waals surface area contributed by atoms with Gasteiger partial charge < -0.3 is 9.84 Å². The van der Waals surface area contributed by atoms with E-state index in [2.05, 4.69) is 11.3 Å². The van der Waals surface area contributed by atoms with Crippen LogP contribution in [0.25, 0.3) is 0 Å². The van der Waals surface area contributed by atoms with Crippen LogP contribution in [0.15, 0.2) is 43.0 Å². The van der Waals surface area contributed by atoms with Gasteiger partial charge in [0.25, 0.3) is 0 Å². The number of carbonyl (C=O) groups is 1. The quantitative estimate of drug-likeness (QED) is 0.630. The van der Waals surface area contributed by atoms with E-state index in [1.54, 1.807) is 25.1 Å². The van der Waals surface area contributed by atoms with E-state index in [9.17, 15) is 14.3 Å². The molecule has 2 atom stereocenters. The number of rotatable bonds is 5. The first-order valence-corrected chi connectivity index (χ1v) is 5.28. The summed E-state index contributed by atoms with van der Waals surface area (Å²) >= 11 is 0. The van der Waals surface area contributed by atoms with Crippen LogP contribution in [0.2, 0.25) is 0 Å². The molecule has 0 saturated carbocycles. The Morgan fingerprint density at radius 1 is 1.59 bits per heavy atom. The molecule has 0 aromatic heterocycles. The molecule has 0 saturated heterocycles. The van der Waals surface area contributed by atoms with Crippen molar-refractivity contribution in [3.8, 4) is 0 Å². The summed E-state index contributed by atoms with van der Waals surface area (Å²) < 4.78 is 18.5. The first-order valence-electron chi connectivity index (χ1n) is 5.28. The SMILES string of the molecule is C=CC(O)(c1ccccc1)C(F)C(=O)OCC. The van der Waals surface area contributed by atoms with Crippen LogP contribution in [0.1, 0.15) is 12.5 Å². The molecule has 2 unspecified atom stereocenters. The highest BCUT2D eigenvalue weighted by Crippen LogP contribution is 2.29. The van der Waals surface area contributed by atoms with Crippen molar-refractivity contribution in [3.63, 3.8) is 0 Å². The fraction of sp³-hybridized carbons (Fsp3) is 0.308. The number of benzene rings is 1. The molecule has 0 radical (unpaired) electrons. The normalized spacial score (nSPS) is 15.7. The summed E-state index contributed by atoms with van der Waals surface area (Å²) in [5.41, 5.74) is -1.80. The van der Waals surface area contributed by atoms with Gasteiger partial charge in [0.05, 0.1) is 6.61 Å². The topological polar surface area (TPSA) is 46.5 Å². The molecule has 0 fully saturated rings. The lowest BCUT2D eigenvalue weighted by Gasteiger charge is -2.27. The van der Waals surface area contributed by atoms with Gasteiger partial charge in [0, 0.05) is 0 Å². The van der Waals surface area contributed by atoms with E-state index in [0.717, 1.165) is 6.08 Å². The molecule has 0 heterocycles. The lowest BCUT2D eigenvalue weighted by molar-refractivity contribution is -0.157. The number of hydrogen-bond donors (Lipinski definition) is 1. The minimum Gasteiger partial charge on any atom is -0.464 e. The first kappa shape index (κ1) is 13.4. The fourth-order valence-electron chi connectivity index (χ4n) is 1.47.